The summed E-state index contributed by atoms with van der Waals surface area (Å²) >= 11 is 1.25. The number of carbonyl (C=O) groups excluding carboxylic acids is 1. The van der Waals surface area contributed by atoms with Gasteiger partial charge in [0.2, 0.25) is 5.91 Å². The van der Waals surface area contributed by atoms with Crippen LogP contribution in [0.15, 0.2) is 29.4 Å². The molecule has 0 atom stereocenters. The highest BCUT2D eigenvalue weighted by molar-refractivity contribution is 8.00. The lowest BCUT2D eigenvalue weighted by Crippen LogP contribution is -2.38. The molecular formula is C11H14F2N2O2S. The van der Waals surface area contributed by atoms with Crippen LogP contribution in [0.25, 0.3) is 0 Å². The third kappa shape index (κ3) is 5.42. The number of nitrogens with zero attached hydrogens (tertiary/aromatic N) is 2. The van der Waals surface area contributed by atoms with Crippen LogP contribution in [-0.4, -0.2) is 52.8 Å². The van der Waals surface area contributed by atoms with Gasteiger partial charge in [0, 0.05) is 23.8 Å². The first-order chi connectivity index (χ1) is 8.63. The summed E-state index contributed by atoms with van der Waals surface area (Å²) in [6.07, 6.45) is 0.598. The van der Waals surface area contributed by atoms with Gasteiger partial charge in [-0.05, 0) is 12.1 Å². The summed E-state index contributed by atoms with van der Waals surface area (Å²) in [6, 6.07) is 3.48. The highest BCUT2D eigenvalue weighted by Gasteiger charge is 2.17. The average molecular weight is 276 g/mol. The van der Waals surface area contributed by atoms with E-state index in [2.05, 4.69) is 4.98 Å². The molecule has 0 aliphatic carbocycles. The third-order valence-corrected chi connectivity index (χ3v) is 3.09. The molecule has 1 N–H and O–H groups in total. The first-order valence-electron chi connectivity index (χ1n) is 5.33. The van der Waals surface area contributed by atoms with E-state index in [0.29, 0.717) is 0 Å². The molecule has 1 rings (SSSR count). The molecular weight excluding hydrogens is 262 g/mol. The van der Waals surface area contributed by atoms with E-state index in [1.54, 1.807) is 24.5 Å². The van der Waals surface area contributed by atoms with Crippen molar-refractivity contribution >= 4 is 17.7 Å². The molecule has 0 bridgehead atoms. The monoisotopic (exact) mass is 276 g/mol. The zero-order chi connectivity index (χ0) is 13.4. The molecule has 0 radical (unpaired) electrons. The van der Waals surface area contributed by atoms with Gasteiger partial charge in [-0.3, -0.25) is 9.78 Å². The fourth-order valence-electron chi connectivity index (χ4n) is 1.28. The SMILES string of the molecule is O=C(CSc1ccncc1)N(CCO)CC(F)F. The van der Waals surface area contributed by atoms with E-state index < -0.39 is 18.9 Å². The van der Waals surface area contributed by atoms with Crippen LogP contribution in [-0.2, 0) is 4.79 Å². The molecule has 0 unspecified atom stereocenters. The normalized spacial score (nSPS) is 10.7. The predicted molar refractivity (Wildman–Crippen MR) is 64.6 cm³/mol. The smallest absolute Gasteiger partial charge is 0.255 e. The standard InChI is InChI=1S/C11H14F2N2O2S/c12-10(13)7-15(5-6-16)11(17)8-18-9-1-3-14-4-2-9/h1-4,10,16H,5-8H2. The Labute approximate surface area is 108 Å². The Morgan fingerprint density at radius 2 is 2.11 bits per heavy atom. The van der Waals surface area contributed by atoms with Gasteiger partial charge < -0.3 is 10.0 Å². The van der Waals surface area contributed by atoms with Crippen molar-refractivity contribution in [2.24, 2.45) is 0 Å². The van der Waals surface area contributed by atoms with Crippen LogP contribution < -0.4 is 0 Å². The van der Waals surface area contributed by atoms with Gasteiger partial charge in [0.15, 0.2) is 0 Å². The summed E-state index contributed by atoms with van der Waals surface area (Å²) in [5.74, 6) is -0.345. The molecule has 18 heavy (non-hydrogen) atoms. The summed E-state index contributed by atoms with van der Waals surface area (Å²) in [4.78, 5) is 17.3. The van der Waals surface area contributed by atoms with Crippen LogP contribution in [0.2, 0.25) is 0 Å². The van der Waals surface area contributed by atoms with Gasteiger partial charge in [-0.1, -0.05) is 0 Å². The molecule has 0 aliphatic rings. The highest BCUT2D eigenvalue weighted by Crippen LogP contribution is 2.16. The van der Waals surface area contributed by atoms with E-state index in [9.17, 15) is 13.6 Å². The minimum atomic E-state index is -2.59. The number of rotatable bonds is 7. The molecule has 0 saturated carbocycles. The minimum absolute atomic E-state index is 0.0662. The molecule has 0 fully saturated rings. The fourth-order valence-corrected chi connectivity index (χ4v) is 2.06. The van der Waals surface area contributed by atoms with E-state index >= 15 is 0 Å². The van der Waals surface area contributed by atoms with Crippen molar-refractivity contribution in [3.8, 4) is 0 Å². The van der Waals surface area contributed by atoms with Gasteiger partial charge in [0.05, 0.1) is 18.9 Å². The molecule has 0 aliphatic heterocycles. The fraction of sp³-hybridized carbons (Fsp3) is 0.455. The maximum absolute atomic E-state index is 12.2. The number of amides is 1. The van der Waals surface area contributed by atoms with Gasteiger partial charge in [0.25, 0.3) is 6.43 Å². The Hall–Kier alpha value is -1.21. The van der Waals surface area contributed by atoms with Crippen LogP contribution in [0.3, 0.4) is 0 Å². The Morgan fingerprint density at radius 1 is 1.44 bits per heavy atom. The van der Waals surface area contributed by atoms with E-state index in [-0.39, 0.29) is 18.9 Å². The molecule has 0 saturated heterocycles. The molecule has 0 aromatic carbocycles. The molecule has 7 heteroatoms. The number of hydrogen-bond donors (Lipinski definition) is 1. The van der Waals surface area contributed by atoms with Crippen LogP contribution in [0.4, 0.5) is 8.78 Å². The van der Waals surface area contributed by atoms with E-state index in [4.69, 9.17) is 5.11 Å². The lowest BCUT2D eigenvalue weighted by Gasteiger charge is -2.20. The Bertz CT molecular complexity index is 365. The molecule has 1 amide bonds. The molecule has 0 spiro atoms. The molecule has 4 nitrogen and oxygen atoms in total. The topological polar surface area (TPSA) is 53.4 Å². The number of aliphatic hydroxyl groups excluding tert-OH is 1. The second-order valence-electron chi connectivity index (χ2n) is 3.43. The second kappa shape index (κ2) is 7.99. The number of alkyl halides is 2. The first-order valence-corrected chi connectivity index (χ1v) is 6.31. The van der Waals surface area contributed by atoms with Gasteiger partial charge in [0.1, 0.15) is 0 Å². The third-order valence-electron chi connectivity index (χ3n) is 2.09. The van der Waals surface area contributed by atoms with Gasteiger partial charge in [-0.25, -0.2) is 8.78 Å². The van der Waals surface area contributed by atoms with Gasteiger partial charge >= 0.3 is 0 Å². The number of halogens is 2. The maximum Gasteiger partial charge on any atom is 0.255 e. The lowest BCUT2D eigenvalue weighted by molar-refractivity contribution is -0.130. The minimum Gasteiger partial charge on any atom is -0.395 e. The number of thioether (sulfide) groups is 1. The molecule has 1 aromatic heterocycles. The maximum atomic E-state index is 12.2. The first kappa shape index (κ1) is 14.8. The van der Waals surface area contributed by atoms with Crippen molar-refractivity contribution in [3.63, 3.8) is 0 Å². The van der Waals surface area contributed by atoms with Gasteiger partial charge in [-0.2, -0.15) is 0 Å². The summed E-state index contributed by atoms with van der Waals surface area (Å²) in [5, 5.41) is 8.73. The van der Waals surface area contributed by atoms with E-state index in [1.165, 1.54) is 11.8 Å². The summed E-state index contributed by atoms with van der Waals surface area (Å²) in [5.41, 5.74) is 0. The van der Waals surface area contributed by atoms with Crippen molar-refractivity contribution < 1.29 is 18.7 Å². The van der Waals surface area contributed by atoms with E-state index in [0.717, 1.165) is 9.80 Å². The number of hydrogen-bond acceptors (Lipinski definition) is 4. The van der Waals surface area contributed by atoms with Crippen LogP contribution in [0, 0.1) is 0 Å². The molecule has 1 heterocycles. The number of aromatic nitrogens is 1. The van der Waals surface area contributed by atoms with E-state index in [1.807, 2.05) is 0 Å². The predicted octanol–water partition coefficient (Wildman–Crippen LogP) is 1.26. The van der Waals surface area contributed by atoms with Crippen LogP contribution >= 0.6 is 11.8 Å². The van der Waals surface area contributed by atoms with Crippen molar-refractivity contribution in [2.45, 2.75) is 11.3 Å². The summed E-state index contributed by atoms with van der Waals surface area (Å²) in [6.45, 7) is -1.03. The Morgan fingerprint density at radius 3 is 2.67 bits per heavy atom. The Kier molecular flexibility index (Phi) is 6.59. The summed E-state index contributed by atoms with van der Waals surface area (Å²) in [7, 11) is 0. The number of aliphatic hydroxyl groups is 1. The average Bonchev–Trinajstić information content (AvgIpc) is 2.36. The largest absolute Gasteiger partial charge is 0.395 e. The number of pyridine rings is 1. The summed E-state index contributed by atoms with van der Waals surface area (Å²) < 4.78 is 24.5. The lowest BCUT2D eigenvalue weighted by atomic mass is 10.4. The van der Waals surface area contributed by atoms with Crippen LogP contribution in [0.5, 0.6) is 0 Å². The van der Waals surface area contributed by atoms with Crippen molar-refractivity contribution in [2.75, 3.05) is 25.4 Å². The van der Waals surface area contributed by atoms with Crippen molar-refractivity contribution in [1.29, 1.82) is 0 Å². The molecule has 100 valence electrons. The quantitative estimate of drug-likeness (QED) is 0.762. The zero-order valence-corrected chi connectivity index (χ0v) is 10.4. The van der Waals surface area contributed by atoms with Gasteiger partial charge in [-0.15, -0.1) is 11.8 Å². The van der Waals surface area contributed by atoms with Crippen LogP contribution in [0.1, 0.15) is 0 Å². The number of carbonyl (C=O) groups is 1. The van der Waals surface area contributed by atoms with Crippen molar-refractivity contribution in [3.05, 3.63) is 24.5 Å². The highest BCUT2D eigenvalue weighted by atomic mass is 32.2. The molecule has 1 aromatic rings. The Balaban J connectivity index is 2.46. The second-order valence-corrected chi connectivity index (χ2v) is 4.47. The van der Waals surface area contributed by atoms with Crippen molar-refractivity contribution in [1.82, 2.24) is 9.88 Å². The zero-order valence-electron chi connectivity index (χ0n) is 9.63.